The number of carboxylic acid groups (broad SMARTS) is 1. The zero-order valence-electron chi connectivity index (χ0n) is 11.6. The number of urea groups is 1. The fourth-order valence-corrected chi connectivity index (χ4v) is 3.13. The number of furan rings is 1. The van der Waals surface area contributed by atoms with E-state index in [4.69, 9.17) is 9.52 Å². The molecule has 7 nitrogen and oxygen atoms in total. The SMILES string of the molecule is Cc1cc(CN2C(=O)NC3(CCCC3)C2=O)oc1C(=O)O. The number of carbonyl (C=O) groups excluding carboxylic acids is 2. The van der Waals surface area contributed by atoms with Crippen LogP contribution >= 0.6 is 0 Å². The molecule has 2 fully saturated rings. The molecule has 2 aliphatic rings. The van der Waals surface area contributed by atoms with Crippen molar-refractivity contribution >= 4 is 17.9 Å². The lowest BCUT2D eigenvalue weighted by Crippen LogP contribution is -2.44. The third kappa shape index (κ3) is 2.09. The number of aryl methyl sites for hydroxylation is 1. The molecule has 1 saturated carbocycles. The Labute approximate surface area is 120 Å². The molecule has 1 aliphatic heterocycles. The fourth-order valence-electron chi connectivity index (χ4n) is 3.13. The van der Waals surface area contributed by atoms with Gasteiger partial charge >= 0.3 is 12.0 Å². The van der Waals surface area contributed by atoms with E-state index >= 15 is 0 Å². The van der Waals surface area contributed by atoms with Gasteiger partial charge in [-0.05, 0) is 25.8 Å². The van der Waals surface area contributed by atoms with E-state index < -0.39 is 17.5 Å². The van der Waals surface area contributed by atoms with E-state index in [1.54, 1.807) is 13.0 Å². The van der Waals surface area contributed by atoms with Gasteiger partial charge in [-0.1, -0.05) is 12.8 Å². The van der Waals surface area contributed by atoms with Crippen molar-refractivity contribution in [3.63, 3.8) is 0 Å². The Balaban J connectivity index is 1.82. The first kappa shape index (κ1) is 13.7. The molecule has 112 valence electrons. The van der Waals surface area contributed by atoms with Crippen molar-refractivity contribution in [2.75, 3.05) is 0 Å². The predicted molar refractivity (Wildman–Crippen MR) is 70.7 cm³/mol. The van der Waals surface area contributed by atoms with Gasteiger partial charge in [0.05, 0.1) is 6.54 Å². The quantitative estimate of drug-likeness (QED) is 0.825. The van der Waals surface area contributed by atoms with Crippen molar-refractivity contribution in [1.82, 2.24) is 10.2 Å². The fraction of sp³-hybridized carbons (Fsp3) is 0.500. The number of carboxylic acids is 1. The maximum Gasteiger partial charge on any atom is 0.372 e. The van der Waals surface area contributed by atoms with Gasteiger partial charge in [-0.25, -0.2) is 9.59 Å². The van der Waals surface area contributed by atoms with Gasteiger partial charge in [-0.3, -0.25) is 9.69 Å². The van der Waals surface area contributed by atoms with Gasteiger partial charge in [0.2, 0.25) is 5.76 Å². The third-order valence-corrected chi connectivity index (χ3v) is 4.18. The monoisotopic (exact) mass is 292 g/mol. The topological polar surface area (TPSA) is 99.9 Å². The lowest BCUT2D eigenvalue weighted by Gasteiger charge is -2.19. The Morgan fingerprint density at radius 1 is 1.43 bits per heavy atom. The van der Waals surface area contributed by atoms with Crippen LogP contribution in [0.2, 0.25) is 0 Å². The molecular formula is C14H16N2O5. The lowest BCUT2D eigenvalue weighted by molar-refractivity contribution is -0.131. The Morgan fingerprint density at radius 3 is 2.67 bits per heavy atom. The number of nitrogens with zero attached hydrogens (tertiary/aromatic N) is 1. The number of amides is 3. The van der Waals surface area contributed by atoms with Crippen molar-refractivity contribution in [3.05, 3.63) is 23.2 Å². The molecule has 0 unspecified atom stereocenters. The highest BCUT2D eigenvalue weighted by Gasteiger charge is 2.52. The van der Waals surface area contributed by atoms with Gasteiger partial charge in [-0.15, -0.1) is 0 Å². The molecule has 7 heteroatoms. The minimum absolute atomic E-state index is 0.0411. The summed E-state index contributed by atoms with van der Waals surface area (Å²) in [5.41, 5.74) is -0.283. The first-order valence-corrected chi connectivity index (χ1v) is 6.90. The molecule has 0 aromatic carbocycles. The molecule has 3 amide bonds. The maximum absolute atomic E-state index is 12.5. The summed E-state index contributed by atoms with van der Waals surface area (Å²) in [7, 11) is 0. The van der Waals surface area contributed by atoms with Crippen LogP contribution in [-0.4, -0.2) is 33.5 Å². The van der Waals surface area contributed by atoms with Gasteiger partial charge in [-0.2, -0.15) is 0 Å². The minimum Gasteiger partial charge on any atom is -0.475 e. The molecule has 0 radical (unpaired) electrons. The van der Waals surface area contributed by atoms with Gasteiger partial charge < -0.3 is 14.8 Å². The van der Waals surface area contributed by atoms with Crippen LogP contribution in [0.5, 0.6) is 0 Å². The minimum atomic E-state index is -1.16. The van der Waals surface area contributed by atoms with E-state index in [0.29, 0.717) is 24.2 Å². The van der Waals surface area contributed by atoms with Crippen LogP contribution in [-0.2, 0) is 11.3 Å². The summed E-state index contributed by atoms with van der Waals surface area (Å²) in [5.74, 6) is -1.27. The third-order valence-electron chi connectivity index (χ3n) is 4.18. The molecule has 2 heterocycles. The lowest BCUT2D eigenvalue weighted by atomic mass is 9.98. The molecule has 2 N–H and O–H groups in total. The van der Waals surface area contributed by atoms with E-state index in [0.717, 1.165) is 17.7 Å². The van der Waals surface area contributed by atoms with Crippen molar-refractivity contribution in [3.8, 4) is 0 Å². The van der Waals surface area contributed by atoms with Gasteiger partial charge in [0.15, 0.2) is 0 Å². The number of nitrogens with one attached hydrogen (secondary N) is 1. The Bertz CT molecular complexity index is 627. The van der Waals surface area contributed by atoms with Crippen LogP contribution in [0.4, 0.5) is 4.79 Å². The van der Waals surface area contributed by atoms with Crippen LogP contribution in [0.25, 0.3) is 0 Å². The van der Waals surface area contributed by atoms with Gasteiger partial charge in [0.1, 0.15) is 11.3 Å². The van der Waals surface area contributed by atoms with Gasteiger partial charge in [0.25, 0.3) is 5.91 Å². The number of aromatic carboxylic acids is 1. The zero-order valence-corrected chi connectivity index (χ0v) is 11.6. The average molecular weight is 292 g/mol. The number of hydrogen-bond acceptors (Lipinski definition) is 4. The summed E-state index contributed by atoms with van der Waals surface area (Å²) >= 11 is 0. The van der Waals surface area contributed by atoms with Crippen molar-refractivity contribution in [2.45, 2.75) is 44.7 Å². The second-order valence-corrected chi connectivity index (χ2v) is 5.64. The maximum atomic E-state index is 12.5. The van der Waals surface area contributed by atoms with Crippen LogP contribution in [0.3, 0.4) is 0 Å². The predicted octanol–water partition coefficient (Wildman–Crippen LogP) is 1.65. The summed E-state index contributed by atoms with van der Waals surface area (Å²) in [4.78, 5) is 36.5. The summed E-state index contributed by atoms with van der Waals surface area (Å²) in [6.45, 7) is 1.57. The summed E-state index contributed by atoms with van der Waals surface area (Å²) in [6.07, 6.45) is 3.16. The molecule has 1 spiro atoms. The first-order valence-electron chi connectivity index (χ1n) is 6.90. The van der Waals surface area contributed by atoms with Crippen LogP contribution in [0.15, 0.2) is 10.5 Å². The number of rotatable bonds is 3. The second-order valence-electron chi connectivity index (χ2n) is 5.64. The highest BCUT2D eigenvalue weighted by atomic mass is 16.4. The molecule has 1 saturated heterocycles. The van der Waals surface area contributed by atoms with E-state index in [-0.39, 0.29) is 18.2 Å². The Morgan fingerprint density at radius 2 is 2.10 bits per heavy atom. The molecule has 21 heavy (non-hydrogen) atoms. The van der Waals surface area contributed by atoms with E-state index in [1.807, 2.05) is 0 Å². The summed E-state index contributed by atoms with van der Waals surface area (Å²) in [6, 6.07) is 1.11. The van der Waals surface area contributed by atoms with Crippen LogP contribution in [0, 0.1) is 6.92 Å². The van der Waals surface area contributed by atoms with Crippen LogP contribution in [0.1, 0.15) is 47.6 Å². The molecule has 0 atom stereocenters. The summed E-state index contributed by atoms with van der Waals surface area (Å²) < 4.78 is 5.21. The van der Waals surface area contributed by atoms with Crippen molar-refractivity contribution in [2.24, 2.45) is 0 Å². The molecular weight excluding hydrogens is 276 g/mol. The molecule has 3 rings (SSSR count). The van der Waals surface area contributed by atoms with Gasteiger partial charge in [0, 0.05) is 5.56 Å². The first-order chi connectivity index (χ1) is 9.93. The summed E-state index contributed by atoms with van der Waals surface area (Å²) in [5, 5.41) is 11.7. The molecule has 1 aliphatic carbocycles. The van der Waals surface area contributed by atoms with E-state index in [1.165, 1.54) is 0 Å². The van der Waals surface area contributed by atoms with Crippen molar-refractivity contribution < 1.29 is 23.9 Å². The highest BCUT2D eigenvalue weighted by Crippen LogP contribution is 2.35. The number of carbonyl (C=O) groups is 3. The normalized spacial score (nSPS) is 20.3. The Kier molecular flexibility index (Phi) is 3.00. The molecule has 0 bridgehead atoms. The zero-order chi connectivity index (χ0) is 15.2. The number of imide groups is 1. The highest BCUT2D eigenvalue weighted by molar-refractivity contribution is 6.07. The van der Waals surface area contributed by atoms with Crippen molar-refractivity contribution in [1.29, 1.82) is 0 Å². The number of hydrogen-bond donors (Lipinski definition) is 2. The molecule has 1 aromatic rings. The van der Waals surface area contributed by atoms with E-state index in [2.05, 4.69) is 5.32 Å². The average Bonchev–Trinajstić information content (AvgIpc) is 3.07. The second kappa shape index (κ2) is 4.61. The Hall–Kier alpha value is -2.31. The van der Waals surface area contributed by atoms with Crippen LogP contribution < -0.4 is 5.32 Å². The molecule has 1 aromatic heterocycles. The standard InChI is InChI=1S/C14H16N2O5/c1-8-6-9(21-10(8)11(17)18)7-16-12(19)14(15-13(16)20)4-2-3-5-14/h6H,2-5,7H2,1H3,(H,15,20)(H,17,18). The smallest absolute Gasteiger partial charge is 0.372 e. The van der Waals surface area contributed by atoms with E-state index in [9.17, 15) is 14.4 Å². The largest absolute Gasteiger partial charge is 0.475 e.